The number of rotatable bonds is 1. The van der Waals surface area contributed by atoms with Crippen LogP contribution in [0.3, 0.4) is 0 Å². The number of benzene rings is 1. The molecule has 1 heterocycles. The van der Waals surface area contributed by atoms with E-state index in [1.807, 2.05) is 18.2 Å². The zero-order valence-corrected chi connectivity index (χ0v) is 7.52. The fourth-order valence-corrected chi connectivity index (χ4v) is 1.33. The Morgan fingerprint density at radius 2 is 2.00 bits per heavy atom. The zero-order valence-electron chi connectivity index (χ0n) is 7.52. The number of hydrogen-bond acceptors (Lipinski definition) is 3. The minimum atomic E-state index is -0.355. The van der Waals surface area contributed by atoms with E-state index in [0.717, 1.165) is 5.52 Å². The third-order valence-electron chi connectivity index (χ3n) is 1.86. The standard InChI is InChI=1S/C9H10N2O2/c1-10(2)11-7-5-3-4-6-8(7)13-9(11)12/h3-6H,1-2H3. The summed E-state index contributed by atoms with van der Waals surface area (Å²) in [5.74, 6) is -0.355. The van der Waals surface area contributed by atoms with Gasteiger partial charge in [-0.25, -0.2) is 4.79 Å². The Hall–Kier alpha value is -1.71. The summed E-state index contributed by atoms with van der Waals surface area (Å²) >= 11 is 0. The van der Waals surface area contributed by atoms with E-state index in [9.17, 15) is 4.79 Å². The second-order valence-electron chi connectivity index (χ2n) is 2.99. The highest BCUT2D eigenvalue weighted by Crippen LogP contribution is 2.10. The number of para-hydroxylation sites is 2. The van der Waals surface area contributed by atoms with Gasteiger partial charge in [0.1, 0.15) is 5.52 Å². The van der Waals surface area contributed by atoms with Gasteiger partial charge in [-0.15, -0.1) is 0 Å². The van der Waals surface area contributed by atoms with Gasteiger partial charge in [0.25, 0.3) is 0 Å². The minimum absolute atomic E-state index is 0.355. The maximum absolute atomic E-state index is 11.3. The highest BCUT2D eigenvalue weighted by Gasteiger charge is 2.08. The first-order valence-electron chi connectivity index (χ1n) is 3.98. The highest BCUT2D eigenvalue weighted by atomic mass is 16.4. The summed E-state index contributed by atoms with van der Waals surface area (Å²) in [5, 5.41) is 1.69. The lowest BCUT2D eigenvalue weighted by Crippen LogP contribution is -2.32. The number of hydrogen-bond donors (Lipinski definition) is 0. The molecule has 0 bridgehead atoms. The Balaban J connectivity index is 2.87. The van der Waals surface area contributed by atoms with Crippen molar-refractivity contribution in [3.05, 3.63) is 34.8 Å². The number of oxazole rings is 1. The largest absolute Gasteiger partial charge is 0.438 e. The Morgan fingerprint density at radius 1 is 1.31 bits per heavy atom. The van der Waals surface area contributed by atoms with Crippen LogP contribution in [-0.4, -0.2) is 18.8 Å². The van der Waals surface area contributed by atoms with E-state index < -0.39 is 0 Å². The fraction of sp³-hybridized carbons (Fsp3) is 0.222. The molecule has 2 rings (SSSR count). The molecule has 2 aromatic rings. The average molecular weight is 178 g/mol. The molecule has 13 heavy (non-hydrogen) atoms. The maximum atomic E-state index is 11.3. The van der Waals surface area contributed by atoms with Crippen LogP contribution in [0.25, 0.3) is 11.1 Å². The molecule has 68 valence electrons. The van der Waals surface area contributed by atoms with Gasteiger partial charge < -0.3 is 9.43 Å². The summed E-state index contributed by atoms with van der Waals surface area (Å²) in [6, 6.07) is 7.33. The molecular weight excluding hydrogens is 168 g/mol. The molecule has 1 aromatic carbocycles. The van der Waals surface area contributed by atoms with Gasteiger partial charge in [0, 0.05) is 14.1 Å². The molecule has 0 aliphatic rings. The van der Waals surface area contributed by atoms with Gasteiger partial charge in [0.15, 0.2) is 5.58 Å². The summed E-state index contributed by atoms with van der Waals surface area (Å²) in [5.41, 5.74) is 1.40. The summed E-state index contributed by atoms with van der Waals surface area (Å²) in [6.45, 7) is 0. The summed E-state index contributed by atoms with van der Waals surface area (Å²) in [7, 11) is 3.59. The lowest BCUT2D eigenvalue weighted by atomic mass is 10.3. The van der Waals surface area contributed by atoms with Crippen molar-refractivity contribution in [1.29, 1.82) is 0 Å². The Bertz CT molecular complexity index is 482. The van der Waals surface area contributed by atoms with Crippen molar-refractivity contribution in [3.63, 3.8) is 0 Å². The molecule has 4 nitrogen and oxygen atoms in total. The molecule has 0 amide bonds. The van der Waals surface area contributed by atoms with Crippen LogP contribution in [0, 0.1) is 0 Å². The molecule has 0 aliphatic heterocycles. The van der Waals surface area contributed by atoms with Gasteiger partial charge in [-0.1, -0.05) is 12.1 Å². The van der Waals surface area contributed by atoms with Gasteiger partial charge in [0.2, 0.25) is 0 Å². The molecule has 0 N–H and O–H groups in total. The van der Waals surface area contributed by atoms with E-state index in [1.165, 1.54) is 4.68 Å². The van der Waals surface area contributed by atoms with Crippen LogP contribution in [-0.2, 0) is 0 Å². The van der Waals surface area contributed by atoms with E-state index in [4.69, 9.17) is 4.42 Å². The first-order valence-corrected chi connectivity index (χ1v) is 3.98. The molecule has 0 spiro atoms. The van der Waals surface area contributed by atoms with Gasteiger partial charge >= 0.3 is 5.76 Å². The Labute approximate surface area is 75.0 Å². The van der Waals surface area contributed by atoms with Crippen LogP contribution in [0.4, 0.5) is 0 Å². The smallest absolute Gasteiger partial charge is 0.406 e. The minimum Gasteiger partial charge on any atom is -0.406 e. The van der Waals surface area contributed by atoms with Crippen molar-refractivity contribution in [2.75, 3.05) is 19.1 Å². The average Bonchev–Trinajstić information content (AvgIpc) is 2.39. The third-order valence-corrected chi connectivity index (χ3v) is 1.86. The SMILES string of the molecule is CN(C)n1c(=O)oc2ccccc21. The molecule has 0 saturated carbocycles. The third kappa shape index (κ3) is 1.11. The van der Waals surface area contributed by atoms with E-state index in [2.05, 4.69) is 0 Å². The van der Waals surface area contributed by atoms with Crippen LogP contribution in [0.15, 0.2) is 33.5 Å². The maximum Gasteiger partial charge on any atom is 0.438 e. The first-order chi connectivity index (χ1) is 6.20. The molecule has 0 radical (unpaired) electrons. The summed E-state index contributed by atoms with van der Waals surface area (Å²) in [4.78, 5) is 11.3. The van der Waals surface area contributed by atoms with Crippen molar-refractivity contribution < 1.29 is 4.42 Å². The Morgan fingerprint density at radius 3 is 2.69 bits per heavy atom. The monoisotopic (exact) mass is 178 g/mol. The van der Waals surface area contributed by atoms with E-state index in [1.54, 1.807) is 25.2 Å². The van der Waals surface area contributed by atoms with Crippen molar-refractivity contribution >= 4 is 11.1 Å². The topological polar surface area (TPSA) is 38.4 Å². The summed E-state index contributed by atoms with van der Waals surface area (Å²) < 4.78 is 6.51. The van der Waals surface area contributed by atoms with Crippen molar-refractivity contribution in [3.8, 4) is 0 Å². The predicted molar refractivity (Wildman–Crippen MR) is 50.5 cm³/mol. The lowest BCUT2D eigenvalue weighted by Gasteiger charge is -2.11. The predicted octanol–water partition coefficient (Wildman–Crippen LogP) is 0.792. The number of fused-ring (bicyclic) bond motifs is 1. The second kappa shape index (κ2) is 2.65. The number of aromatic nitrogens is 1. The van der Waals surface area contributed by atoms with Crippen LogP contribution >= 0.6 is 0 Å². The lowest BCUT2D eigenvalue weighted by molar-refractivity contribution is 0.510. The zero-order chi connectivity index (χ0) is 9.42. The molecular formula is C9H10N2O2. The van der Waals surface area contributed by atoms with Gasteiger partial charge in [-0.2, -0.15) is 4.68 Å². The first kappa shape index (κ1) is 7.91. The van der Waals surface area contributed by atoms with Crippen molar-refractivity contribution in [2.24, 2.45) is 0 Å². The van der Waals surface area contributed by atoms with Crippen molar-refractivity contribution in [2.45, 2.75) is 0 Å². The van der Waals surface area contributed by atoms with Crippen LogP contribution in [0.5, 0.6) is 0 Å². The molecule has 0 atom stereocenters. The van der Waals surface area contributed by atoms with Gasteiger partial charge in [-0.3, -0.25) is 0 Å². The van der Waals surface area contributed by atoms with Gasteiger partial charge in [0.05, 0.1) is 0 Å². The van der Waals surface area contributed by atoms with Crippen LogP contribution in [0.2, 0.25) is 0 Å². The molecule has 0 fully saturated rings. The molecule has 0 saturated heterocycles. The van der Waals surface area contributed by atoms with E-state index in [-0.39, 0.29) is 5.76 Å². The number of nitrogens with zero attached hydrogens (tertiary/aromatic N) is 2. The quantitative estimate of drug-likeness (QED) is 0.648. The molecule has 0 unspecified atom stereocenters. The van der Waals surface area contributed by atoms with Crippen molar-refractivity contribution in [1.82, 2.24) is 4.68 Å². The van der Waals surface area contributed by atoms with E-state index >= 15 is 0 Å². The van der Waals surface area contributed by atoms with Gasteiger partial charge in [-0.05, 0) is 12.1 Å². The summed E-state index contributed by atoms with van der Waals surface area (Å²) in [6.07, 6.45) is 0. The molecule has 0 aliphatic carbocycles. The molecule has 1 aromatic heterocycles. The van der Waals surface area contributed by atoms with Crippen LogP contribution < -0.4 is 10.8 Å². The van der Waals surface area contributed by atoms with E-state index in [0.29, 0.717) is 5.58 Å². The second-order valence-corrected chi connectivity index (χ2v) is 2.99. The van der Waals surface area contributed by atoms with Crippen LogP contribution in [0.1, 0.15) is 0 Å². The normalized spacial score (nSPS) is 10.6. The molecule has 4 heteroatoms. The fourth-order valence-electron chi connectivity index (χ4n) is 1.33. The highest BCUT2D eigenvalue weighted by molar-refractivity contribution is 5.72. The Kier molecular flexibility index (Phi) is 1.62.